The minimum atomic E-state index is 0.485. The molecule has 0 spiro atoms. The van der Waals surface area contributed by atoms with E-state index in [9.17, 15) is 0 Å². The van der Waals surface area contributed by atoms with Crippen LogP contribution in [0.4, 0.5) is 0 Å². The Labute approximate surface area is 107 Å². The second-order valence-corrected chi connectivity index (χ2v) is 6.96. The number of hydrogen-bond acceptors (Lipinski definition) is 1. The van der Waals surface area contributed by atoms with Gasteiger partial charge in [-0.15, -0.1) is 12.3 Å². The van der Waals surface area contributed by atoms with E-state index >= 15 is 0 Å². The molecule has 3 atom stereocenters. The lowest BCUT2D eigenvalue weighted by molar-refractivity contribution is 0.109. The summed E-state index contributed by atoms with van der Waals surface area (Å²) >= 11 is 0. The lowest BCUT2D eigenvalue weighted by Gasteiger charge is -2.43. The minimum absolute atomic E-state index is 0.485. The molecule has 0 radical (unpaired) electrons. The lowest BCUT2D eigenvalue weighted by Crippen LogP contribution is -2.50. The normalized spacial score (nSPS) is 38.2. The van der Waals surface area contributed by atoms with E-state index in [-0.39, 0.29) is 0 Å². The number of hydrogen-bond donors (Lipinski definition) is 1. The molecule has 3 unspecified atom stereocenters. The molecule has 0 aromatic carbocycles. The van der Waals surface area contributed by atoms with E-state index in [1.54, 1.807) is 0 Å². The van der Waals surface area contributed by atoms with Crippen LogP contribution in [0.5, 0.6) is 0 Å². The monoisotopic (exact) mass is 233 g/mol. The van der Waals surface area contributed by atoms with Crippen LogP contribution in [0.3, 0.4) is 0 Å². The maximum Gasteiger partial charge on any atom is 0.0175 e. The van der Waals surface area contributed by atoms with Crippen LogP contribution in [0.1, 0.15) is 59.3 Å². The van der Waals surface area contributed by atoms with Gasteiger partial charge in [-0.3, -0.25) is 0 Å². The van der Waals surface area contributed by atoms with Crippen molar-refractivity contribution in [3.05, 3.63) is 0 Å². The van der Waals surface area contributed by atoms with Crippen LogP contribution in [0, 0.1) is 29.1 Å². The van der Waals surface area contributed by atoms with Crippen molar-refractivity contribution in [1.82, 2.24) is 5.32 Å². The molecule has 1 heteroatoms. The molecular weight excluding hydrogens is 206 g/mol. The molecule has 1 N–H and O–H groups in total. The Hall–Kier alpha value is -0.480. The van der Waals surface area contributed by atoms with Crippen LogP contribution in [0.15, 0.2) is 0 Å². The molecule has 2 aliphatic rings. The third kappa shape index (κ3) is 2.25. The van der Waals surface area contributed by atoms with E-state index in [1.807, 2.05) is 0 Å². The number of nitrogens with one attached hydrogen (secondary N) is 1. The zero-order chi connectivity index (χ0) is 12.5. The number of unbranched alkanes of at least 4 members (excludes halogenated alkanes) is 2. The molecule has 0 heterocycles. The number of terminal acetylenes is 1. The van der Waals surface area contributed by atoms with Crippen molar-refractivity contribution in [2.45, 2.75) is 65.3 Å². The fourth-order valence-corrected chi connectivity index (χ4v) is 4.41. The third-order valence-electron chi connectivity index (χ3n) is 5.37. The molecule has 1 nitrogen and oxygen atoms in total. The van der Waals surface area contributed by atoms with Gasteiger partial charge in [-0.1, -0.05) is 20.8 Å². The van der Waals surface area contributed by atoms with Crippen molar-refractivity contribution >= 4 is 0 Å². The number of fused-ring (bicyclic) bond motifs is 2. The first kappa shape index (κ1) is 13.0. The van der Waals surface area contributed by atoms with Crippen LogP contribution < -0.4 is 5.32 Å². The Morgan fingerprint density at radius 1 is 1.29 bits per heavy atom. The summed E-state index contributed by atoms with van der Waals surface area (Å²) in [5.41, 5.74) is 1.04. The Bertz CT molecular complexity index is 307. The summed E-state index contributed by atoms with van der Waals surface area (Å²) in [4.78, 5) is 0. The Balaban J connectivity index is 1.86. The van der Waals surface area contributed by atoms with E-state index in [0.717, 1.165) is 25.3 Å². The van der Waals surface area contributed by atoms with Gasteiger partial charge in [0, 0.05) is 12.5 Å². The highest BCUT2D eigenvalue weighted by Gasteiger charge is 2.58. The molecule has 0 amide bonds. The molecular formula is C16H27N. The molecule has 2 saturated carbocycles. The van der Waals surface area contributed by atoms with Crippen LogP contribution in [0.25, 0.3) is 0 Å². The molecule has 0 aromatic heterocycles. The summed E-state index contributed by atoms with van der Waals surface area (Å²) in [6.07, 6.45) is 12.9. The van der Waals surface area contributed by atoms with Crippen LogP contribution >= 0.6 is 0 Å². The smallest absolute Gasteiger partial charge is 0.0175 e. The van der Waals surface area contributed by atoms with Gasteiger partial charge in [0.2, 0.25) is 0 Å². The highest BCUT2D eigenvalue weighted by Crippen LogP contribution is 2.62. The molecule has 0 saturated heterocycles. The van der Waals surface area contributed by atoms with Crippen molar-refractivity contribution in [1.29, 1.82) is 0 Å². The molecule has 2 aliphatic carbocycles. The van der Waals surface area contributed by atoms with Gasteiger partial charge in [0.15, 0.2) is 0 Å². The molecule has 2 rings (SSSR count). The van der Waals surface area contributed by atoms with Gasteiger partial charge in [-0.05, 0) is 55.4 Å². The van der Waals surface area contributed by atoms with E-state index in [4.69, 9.17) is 6.42 Å². The quantitative estimate of drug-likeness (QED) is 0.565. The summed E-state index contributed by atoms with van der Waals surface area (Å²) in [5.74, 6) is 3.66. The average Bonchev–Trinajstić information content (AvgIpc) is 2.73. The topological polar surface area (TPSA) is 12.0 Å². The van der Waals surface area contributed by atoms with Crippen molar-refractivity contribution in [3.8, 4) is 12.3 Å². The third-order valence-corrected chi connectivity index (χ3v) is 5.37. The second kappa shape index (κ2) is 4.65. The molecule has 0 aliphatic heterocycles. The van der Waals surface area contributed by atoms with Gasteiger partial charge in [0.25, 0.3) is 0 Å². The van der Waals surface area contributed by atoms with Gasteiger partial charge < -0.3 is 5.32 Å². The van der Waals surface area contributed by atoms with Gasteiger partial charge in [0.1, 0.15) is 0 Å². The Morgan fingerprint density at radius 2 is 2.06 bits per heavy atom. The Kier molecular flexibility index (Phi) is 3.55. The summed E-state index contributed by atoms with van der Waals surface area (Å²) in [5, 5.41) is 3.83. The van der Waals surface area contributed by atoms with Crippen molar-refractivity contribution in [3.63, 3.8) is 0 Å². The zero-order valence-corrected chi connectivity index (χ0v) is 11.7. The molecule has 2 bridgehead atoms. The largest absolute Gasteiger partial charge is 0.313 e. The summed E-state index contributed by atoms with van der Waals surface area (Å²) in [7, 11) is 0. The van der Waals surface area contributed by atoms with Gasteiger partial charge in [-0.25, -0.2) is 0 Å². The fraction of sp³-hybridized carbons (Fsp3) is 0.875. The minimum Gasteiger partial charge on any atom is -0.313 e. The highest BCUT2D eigenvalue weighted by atomic mass is 15.0. The predicted octanol–water partition coefficient (Wildman–Crippen LogP) is 3.59. The Morgan fingerprint density at radius 3 is 2.65 bits per heavy atom. The first-order valence-electron chi connectivity index (χ1n) is 7.17. The van der Waals surface area contributed by atoms with Crippen molar-refractivity contribution < 1.29 is 0 Å². The first-order chi connectivity index (χ1) is 8.00. The van der Waals surface area contributed by atoms with Crippen molar-refractivity contribution in [2.75, 3.05) is 6.54 Å². The van der Waals surface area contributed by atoms with Gasteiger partial charge >= 0.3 is 0 Å². The van der Waals surface area contributed by atoms with E-state index in [0.29, 0.717) is 16.9 Å². The van der Waals surface area contributed by atoms with Gasteiger partial charge in [-0.2, -0.15) is 0 Å². The zero-order valence-electron chi connectivity index (χ0n) is 11.7. The molecule has 96 valence electrons. The summed E-state index contributed by atoms with van der Waals surface area (Å²) in [6, 6.07) is 0.708. The molecule has 0 aromatic rings. The summed E-state index contributed by atoms with van der Waals surface area (Å²) in [6.45, 7) is 8.54. The van der Waals surface area contributed by atoms with Crippen LogP contribution in [-0.4, -0.2) is 12.6 Å². The maximum atomic E-state index is 5.28. The molecule has 17 heavy (non-hydrogen) atoms. The van der Waals surface area contributed by atoms with Crippen LogP contribution in [-0.2, 0) is 0 Å². The van der Waals surface area contributed by atoms with E-state index < -0.39 is 0 Å². The number of rotatable bonds is 5. The van der Waals surface area contributed by atoms with Crippen LogP contribution in [0.2, 0.25) is 0 Å². The fourth-order valence-electron chi connectivity index (χ4n) is 4.41. The van der Waals surface area contributed by atoms with Gasteiger partial charge in [0.05, 0.1) is 0 Å². The standard InChI is InChI=1S/C16H27N/c1-5-6-7-8-11-17-14-15(2,3)13-9-10-16(14,4)12-13/h1,13-14,17H,6-12H2,2-4H3. The first-order valence-corrected chi connectivity index (χ1v) is 7.17. The second-order valence-electron chi connectivity index (χ2n) is 6.96. The predicted molar refractivity (Wildman–Crippen MR) is 73.7 cm³/mol. The summed E-state index contributed by atoms with van der Waals surface area (Å²) < 4.78 is 0. The lowest BCUT2D eigenvalue weighted by atomic mass is 9.68. The molecule has 2 fully saturated rings. The van der Waals surface area contributed by atoms with E-state index in [1.165, 1.54) is 25.7 Å². The SMILES string of the molecule is C#CCCCCNC1C2(C)CCC(C2)C1(C)C. The van der Waals surface area contributed by atoms with E-state index in [2.05, 4.69) is 32.0 Å². The average molecular weight is 233 g/mol. The maximum absolute atomic E-state index is 5.28. The van der Waals surface area contributed by atoms with Crippen molar-refractivity contribution in [2.24, 2.45) is 16.7 Å². The highest BCUT2D eigenvalue weighted by molar-refractivity contribution is 5.11.